The van der Waals surface area contributed by atoms with Gasteiger partial charge in [-0.05, 0) is 60.5 Å². The first-order valence-electron chi connectivity index (χ1n) is 9.02. The second kappa shape index (κ2) is 7.29. The summed E-state index contributed by atoms with van der Waals surface area (Å²) in [5, 5.41) is 4.49. The van der Waals surface area contributed by atoms with Crippen LogP contribution in [0.2, 0.25) is 0 Å². The number of aromatic nitrogens is 2. The molecule has 1 aromatic heterocycles. The average Bonchev–Trinajstić information content (AvgIpc) is 3.39. The Hall–Kier alpha value is -3.05. The minimum Gasteiger partial charge on any atom is -0.496 e. The maximum absolute atomic E-state index is 5.81. The zero-order chi connectivity index (χ0) is 18.8. The molecule has 0 aliphatic carbocycles. The van der Waals surface area contributed by atoms with Gasteiger partial charge in [0.25, 0.3) is 0 Å². The molecule has 4 rings (SSSR count). The summed E-state index contributed by atoms with van der Waals surface area (Å²) < 4.78 is 13.0. The van der Waals surface area contributed by atoms with E-state index in [1.165, 1.54) is 0 Å². The van der Waals surface area contributed by atoms with Gasteiger partial charge in [0.15, 0.2) is 0 Å². The van der Waals surface area contributed by atoms with Crippen LogP contribution in [0.15, 0.2) is 61.3 Å². The Morgan fingerprint density at radius 3 is 2.74 bits per heavy atom. The topological polar surface area (TPSA) is 62.3 Å². The van der Waals surface area contributed by atoms with Crippen LogP contribution in [0.5, 0.6) is 5.75 Å². The zero-order valence-corrected chi connectivity index (χ0v) is 15.4. The van der Waals surface area contributed by atoms with Crippen LogP contribution >= 0.6 is 0 Å². The molecule has 1 saturated heterocycles. The van der Waals surface area contributed by atoms with Crippen molar-refractivity contribution in [3.63, 3.8) is 0 Å². The molecule has 0 amide bonds. The fraction of sp³-hybridized carbons (Fsp3) is 0.227. The van der Waals surface area contributed by atoms with Crippen LogP contribution in [0, 0.1) is 5.92 Å². The summed E-state index contributed by atoms with van der Waals surface area (Å²) in [6.07, 6.45) is 2.80. The number of hydrogen-bond donors (Lipinski definition) is 1. The Morgan fingerprint density at radius 1 is 1.22 bits per heavy atom. The molecule has 3 aromatic rings. The molecule has 1 atom stereocenters. The third-order valence-corrected chi connectivity index (χ3v) is 5.04. The van der Waals surface area contributed by atoms with E-state index < -0.39 is 0 Å². The third-order valence-electron chi connectivity index (χ3n) is 5.04. The predicted molar refractivity (Wildman–Crippen MR) is 108 cm³/mol. The first kappa shape index (κ1) is 17.4. The normalized spacial score (nSPS) is 16.4. The fourth-order valence-electron chi connectivity index (χ4n) is 3.49. The molecule has 1 aliphatic heterocycles. The lowest BCUT2D eigenvalue weighted by Gasteiger charge is -2.17. The SMILES string of the molecule is C=C(c1cc(-c2ccnn2-c2ccc(N)cc2)ccc1OC)C1CCOC1. The molecule has 2 aromatic carbocycles. The average molecular weight is 361 g/mol. The molecule has 0 bridgehead atoms. The van der Waals surface area contributed by atoms with Crippen molar-refractivity contribution < 1.29 is 9.47 Å². The molecule has 0 radical (unpaired) electrons. The van der Waals surface area contributed by atoms with Gasteiger partial charge in [-0.1, -0.05) is 6.58 Å². The number of hydrogen-bond acceptors (Lipinski definition) is 4. The smallest absolute Gasteiger partial charge is 0.126 e. The standard InChI is InChI=1S/C22H23N3O2/c1-15(17-10-12-27-14-17)20-13-16(3-8-22(20)26-2)21-9-11-24-25(21)19-6-4-18(23)5-7-19/h3-9,11,13,17H,1,10,12,14,23H2,2H3. The first-order chi connectivity index (χ1) is 13.2. The van der Waals surface area contributed by atoms with Crippen LogP contribution in [-0.4, -0.2) is 30.1 Å². The minimum absolute atomic E-state index is 0.330. The van der Waals surface area contributed by atoms with E-state index in [-0.39, 0.29) is 0 Å². The molecule has 1 fully saturated rings. The molecule has 1 unspecified atom stereocenters. The van der Waals surface area contributed by atoms with E-state index >= 15 is 0 Å². The van der Waals surface area contributed by atoms with Gasteiger partial charge < -0.3 is 15.2 Å². The van der Waals surface area contributed by atoms with Crippen molar-refractivity contribution in [3.8, 4) is 22.7 Å². The lowest BCUT2D eigenvalue weighted by Crippen LogP contribution is -2.04. The maximum atomic E-state index is 5.81. The van der Waals surface area contributed by atoms with E-state index in [9.17, 15) is 0 Å². The number of nitrogen functional groups attached to an aromatic ring is 1. The van der Waals surface area contributed by atoms with E-state index in [2.05, 4.69) is 17.7 Å². The number of nitrogens with zero attached hydrogens (tertiary/aromatic N) is 2. The van der Waals surface area contributed by atoms with Crippen molar-refractivity contribution in [3.05, 3.63) is 66.9 Å². The minimum atomic E-state index is 0.330. The molecule has 2 N–H and O–H groups in total. The van der Waals surface area contributed by atoms with Gasteiger partial charge in [-0.25, -0.2) is 4.68 Å². The maximum Gasteiger partial charge on any atom is 0.126 e. The fourth-order valence-corrected chi connectivity index (χ4v) is 3.49. The lowest BCUT2D eigenvalue weighted by atomic mass is 9.91. The molecule has 0 saturated carbocycles. The van der Waals surface area contributed by atoms with Gasteiger partial charge >= 0.3 is 0 Å². The summed E-state index contributed by atoms with van der Waals surface area (Å²) in [5.74, 6) is 1.16. The number of rotatable bonds is 5. The van der Waals surface area contributed by atoms with Gasteiger partial charge in [0.05, 0.1) is 31.3 Å². The number of benzene rings is 2. The molecular weight excluding hydrogens is 338 g/mol. The van der Waals surface area contributed by atoms with Crippen LogP contribution in [0.1, 0.15) is 12.0 Å². The van der Waals surface area contributed by atoms with Crippen LogP contribution in [0.3, 0.4) is 0 Å². The quantitative estimate of drug-likeness (QED) is 0.693. The summed E-state index contributed by atoms with van der Waals surface area (Å²) in [5.41, 5.74) is 11.6. The molecule has 5 heteroatoms. The Bertz CT molecular complexity index is 954. The van der Waals surface area contributed by atoms with E-state index in [0.29, 0.717) is 5.92 Å². The molecular formula is C22H23N3O2. The van der Waals surface area contributed by atoms with E-state index in [4.69, 9.17) is 15.2 Å². The highest BCUT2D eigenvalue weighted by atomic mass is 16.5. The zero-order valence-electron chi connectivity index (χ0n) is 15.4. The second-order valence-corrected chi connectivity index (χ2v) is 6.72. The highest BCUT2D eigenvalue weighted by Crippen LogP contribution is 2.37. The van der Waals surface area contributed by atoms with Crippen LogP contribution in [-0.2, 0) is 4.74 Å². The van der Waals surface area contributed by atoms with Crippen molar-refractivity contribution in [2.75, 3.05) is 26.1 Å². The number of ether oxygens (including phenoxy) is 2. The summed E-state index contributed by atoms with van der Waals surface area (Å²) in [6, 6.07) is 15.9. The monoisotopic (exact) mass is 361 g/mol. The van der Waals surface area contributed by atoms with Gasteiger partial charge in [0, 0.05) is 29.3 Å². The van der Waals surface area contributed by atoms with E-state index in [0.717, 1.165) is 59.2 Å². The van der Waals surface area contributed by atoms with Crippen molar-refractivity contribution in [2.24, 2.45) is 5.92 Å². The van der Waals surface area contributed by atoms with Crippen LogP contribution in [0.4, 0.5) is 5.69 Å². The van der Waals surface area contributed by atoms with Crippen molar-refractivity contribution in [1.29, 1.82) is 0 Å². The number of nitrogens with two attached hydrogens (primary N) is 1. The first-order valence-corrected chi connectivity index (χ1v) is 9.02. The third kappa shape index (κ3) is 3.34. The molecule has 2 heterocycles. The largest absolute Gasteiger partial charge is 0.496 e. The molecule has 0 spiro atoms. The van der Waals surface area contributed by atoms with Crippen LogP contribution < -0.4 is 10.5 Å². The summed E-state index contributed by atoms with van der Waals surface area (Å²) in [6.45, 7) is 5.84. The van der Waals surface area contributed by atoms with E-state index in [1.807, 2.05) is 47.1 Å². The van der Waals surface area contributed by atoms with Crippen molar-refractivity contribution >= 4 is 11.3 Å². The Morgan fingerprint density at radius 2 is 2.04 bits per heavy atom. The predicted octanol–water partition coefficient (Wildman–Crippen LogP) is 4.18. The van der Waals surface area contributed by atoms with Crippen molar-refractivity contribution in [2.45, 2.75) is 6.42 Å². The lowest BCUT2D eigenvalue weighted by molar-refractivity contribution is 0.192. The molecule has 5 nitrogen and oxygen atoms in total. The highest BCUT2D eigenvalue weighted by Gasteiger charge is 2.22. The molecule has 27 heavy (non-hydrogen) atoms. The number of anilines is 1. The second-order valence-electron chi connectivity index (χ2n) is 6.72. The van der Waals surface area contributed by atoms with Gasteiger partial charge in [0.2, 0.25) is 0 Å². The number of methoxy groups -OCH3 is 1. The van der Waals surface area contributed by atoms with Crippen LogP contribution in [0.25, 0.3) is 22.5 Å². The Kier molecular flexibility index (Phi) is 4.69. The highest BCUT2D eigenvalue weighted by molar-refractivity contribution is 5.76. The van der Waals surface area contributed by atoms with Gasteiger partial charge in [0.1, 0.15) is 5.75 Å². The summed E-state index contributed by atoms with van der Waals surface area (Å²) >= 11 is 0. The van der Waals surface area contributed by atoms with Gasteiger partial charge in [-0.3, -0.25) is 0 Å². The van der Waals surface area contributed by atoms with Gasteiger partial charge in [-0.2, -0.15) is 5.10 Å². The summed E-state index contributed by atoms with van der Waals surface area (Å²) in [7, 11) is 1.69. The molecule has 1 aliphatic rings. The van der Waals surface area contributed by atoms with Crippen molar-refractivity contribution in [1.82, 2.24) is 9.78 Å². The Balaban J connectivity index is 1.75. The van der Waals surface area contributed by atoms with Gasteiger partial charge in [-0.15, -0.1) is 0 Å². The molecule has 138 valence electrons. The summed E-state index contributed by atoms with van der Waals surface area (Å²) in [4.78, 5) is 0. The van der Waals surface area contributed by atoms with E-state index in [1.54, 1.807) is 13.3 Å². The Labute approximate surface area is 159 Å².